The molecule has 0 amide bonds. The molecule has 0 heteroatoms. The van der Waals surface area contributed by atoms with Gasteiger partial charge < -0.3 is 0 Å². The zero-order valence-corrected chi connectivity index (χ0v) is 13.7. The lowest BCUT2D eigenvalue weighted by atomic mass is 9.55. The van der Waals surface area contributed by atoms with E-state index < -0.39 is 0 Å². The molecule has 0 aromatic heterocycles. The van der Waals surface area contributed by atoms with E-state index in [1.54, 1.807) is 0 Å². The second-order valence-electron chi connectivity index (χ2n) is 6.97. The number of hydrogen-bond donors (Lipinski definition) is 0. The van der Waals surface area contributed by atoms with Crippen molar-refractivity contribution in [2.24, 2.45) is 35.5 Å². The van der Waals surface area contributed by atoms with Gasteiger partial charge in [-0.15, -0.1) is 0 Å². The summed E-state index contributed by atoms with van der Waals surface area (Å²) < 4.78 is 0. The van der Waals surface area contributed by atoms with Crippen molar-refractivity contribution in [2.75, 3.05) is 0 Å². The molecule has 0 aliphatic heterocycles. The first-order valence-electron chi connectivity index (χ1n) is 8.56. The Balaban J connectivity index is 2.42. The van der Waals surface area contributed by atoms with Gasteiger partial charge in [0.1, 0.15) is 0 Å². The van der Waals surface area contributed by atoms with Gasteiger partial charge in [0, 0.05) is 0 Å². The summed E-state index contributed by atoms with van der Waals surface area (Å²) in [5.41, 5.74) is 0. The first-order chi connectivity index (χ1) is 8.56. The van der Waals surface area contributed by atoms with E-state index in [9.17, 15) is 0 Å². The van der Waals surface area contributed by atoms with Gasteiger partial charge in [-0.2, -0.15) is 0 Å². The molecule has 0 heterocycles. The largest absolute Gasteiger partial charge is 0.0654 e. The minimum atomic E-state index is 0.929. The summed E-state index contributed by atoms with van der Waals surface area (Å²) in [6.45, 7) is 14.5. The second kappa shape index (κ2) is 7.56. The molecule has 1 saturated carbocycles. The van der Waals surface area contributed by atoms with Crippen molar-refractivity contribution >= 4 is 0 Å². The van der Waals surface area contributed by atoms with Crippen LogP contribution in [0.4, 0.5) is 0 Å². The molecule has 1 aliphatic rings. The highest BCUT2D eigenvalue weighted by molar-refractivity contribution is 4.91. The molecule has 108 valence electrons. The van der Waals surface area contributed by atoms with Crippen molar-refractivity contribution in [1.82, 2.24) is 0 Å². The van der Waals surface area contributed by atoms with Crippen LogP contribution in [0.5, 0.6) is 0 Å². The molecule has 6 atom stereocenters. The van der Waals surface area contributed by atoms with Gasteiger partial charge >= 0.3 is 0 Å². The molecule has 6 unspecified atom stereocenters. The fraction of sp³-hybridized carbons (Fsp3) is 1.00. The second-order valence-corrected chi connectivity index (χ2v) is 6.97. The van der Waals surface area contributed by atoms with Crippen molar-refractivity contribution in [3.8, 4) is 0 Å². The third kappa shape index (κ3) is 3.52. The Kier molecular flexibility index (Phi) is 6.74. The Morgan fingerprint density at radius 3 is 2.00 bits per heavy atom. The lowest BCUT2D eigenvalue weighted by molar-refractivity contribution is -0.0118. The van der Waals surface area contributed by atoms with E-state index in [-0.39, 0.29) is 0 Å². The first kappa shape index (κ1) is 16.1. The van der Waals surface area contributed by atoms with E-state index >= 15 is 0 Å². The normalized spacial score (nSPS) is 35.0. The summed E-state index contributed by atoms with van der Waals surface area (Å²) in [6.07, 6.45) is 8.56. The molecule has 0 spiro atoms. The van der Waals surface area contributed by atoms with Crippen LogP contribution in [0.2, 0.25) is 0 Å². The molecular formula is C18H36. The zero-order chi connectivity index (χ0) is 13.7. The van der Waals surface area contributed by atoms with Crippen LogP contribution in [-0.4, -0.2) is 0 Å². The van der Waals surface area contributed by atoms with E-state index in [2.05, 4.69) is 41.5 Å². The lowest BCUT2D eigenvalue weighted by Gasteiger charge is -2.50. The molecule has 0 bridgehead atoms. The van der Waals surface area contributed by atoms with Crippen LogP contribution in [0, 0.1) is 35.5 Å². The van der Waals surface area contributed by atoms with Crippen LogP contribution >= 0.6 is 0 Å². The summed E-state index contributed by atoms with van der Waals surface area (Å²) in [7, 11) is 0. The Morgan fingerprint density at radius 1 is 0.889 bits per heavy atom. The van der Waals surface area contributed by atoms with E-state index in [4.69, 9.17) is 0 Å². The Bertz CT molecular complexity index is 214. The highest BCUT2D eigenvalue weighted by Crippen LogP contribution is 2.50. The van der Waals surface area contributed by atoms with Crippen molar-refractivity contribution in [1.29, 1.82) is 0 Å². The SMILES string of the molecule is CCCC(CCC1C(C)C(C)C1CC)C(C)CC. The molecular weight excluding hydrogens is 216 g/mol. The maximum atomic E-state index is 2.49. The Labute approximate surface area is 116 Å². The van der Waals surface area contributed by atoms with E-state index in [0.717, 1.165) is 35.5 Å². The fourth-order valence-electron chi connectivity index (χ4n) is 4.39. The summed E-state index contributed by atoms with van der Waals surface area (Å²) in [5, 5.41) is 0. The molecule has 18 heavy (non-hydrogen) atoms. The molecule has 0 nitrogen and oxygen atoms in total. The average Bonchev–Trinajstić information content (AvgIpc) is 2.39. The Morgan fingerprint density at radius 2 is 1.50 bits per heavy atom. The minimum Gasteiger partial charge on any atom is -0.0654 e. The third-order valence-corrected chi connectivity index (χ3v) is 6.18. The maximum Gasteiger partial charge on any atom is -0.0355 e. The van der Waals surface area contributed by atoms with Crippen LogP contribution in [0.15, 0.2) is 0 Å². The predicted molar refractivity (Wildman–Crippen MR) is 82.7 cm³/mol. The van der Waals surface area contributed by atoms with Gasteiger partial charge in [0.2, 0.25) is 0 Å². The van der Waals surface area contributed by atoms with Gasteiger partial charge in [-0.3, -0.25) is 0 Å². The van der Waals surface area contributed by atoms with Gasteiger partial charge in [0.05, 0.1) is 0 Å². The van der Waals surface area contributed by atoms with Gasteiger partial charge in [-0.25, -0.2) is 0 Å². The predicted octanol–water partition coefficient (Wildman–Crippen LogP) is 6.16. The number of rotatable bonds is 8. The minimum absolute atomic E-state index is 0.929. The van der Waals surface area contributed by atoms with Crippen molar-refractivity contribution < 1.29 is 0 Å². The highest BCUT2D eigenvalue weighted by atomic mass is 14.5. The zero-order valence-electron chi connectivity index (χ0n) is 13.7. The maximum absolute atomic E-state index is 2.49. The van der Waals surface area contributed by atoms with Crippen molar-refractivity contribution in [3.63, 3.8) is 0 Å². The summed E-state index contributed by atoms with van der Waals surface area (Å²) >= 11 is 0. The van der Waals surface area contributed by atoms with Crippen molar-refractivity contribution in [3.05, 3.63) is 0 Å². The monoisotopic (exact) mass is 252 g/mol. The topological polar surface area (TPSA) is 0 Å². The summed E-state index contributed by atoms with van der Waals surface area (Å²) in [4.78, 5) is 0. The molecule has 1 fully saturated rings. The van der Waals surface area contributed by atoms with Gasteiger partial charge in [0.15, 0.2) is 0 Å². The van der Waals surface area contributed by atoms with Crippen LogP contribution in [-0.2, 0) is 0 Å². The van der Waals surface area contributed by atoms with Gasteiger partial charge in [0.25, 0.3) is 0 Å². The molecule has 0 N–H and O–H groups in total. The van der Waals surface area contributed by atoms with E-state index in [0.29, 0.717) is 0 Å². The van der Waals surface area contributed by atoms with Crippen LogP contribution in [0.25, 0.3) is 0 Å². The molecule has 0 radical (unpaired) electrons. The van der Waals surface area contributed by atoms with E-state index in [1.165, 1.54) is 38.5 Å². The summed E-state index contributed by atoms with van der Waals surface area (Å²) in [6, 6.07) is 0. The molecule has 1 rings (SSSR count). The molecule has 0 aromatic carbocycles. The lowest BCUT2D eigenvalue weighted by Crippen LogP contribution is -2.43. The average molecular weight is 252 g/mol. The molecule has 0 aromatic rings. The highest BCUT2D eigenvalue weighted by Gasteiger charge is 2.43. The smallest absolute Gasteiger partial charge is 0.0355 e. The molecule has 0 saturated heterocycles. The van der Waals surface area contributed by atoms with E-state index in [1.807, 2.05) is 0 Å². The quantitative estimate of drug-likeness (QED) is 0.485. The molecule has 1 aliphatic carbocycles. The Hall–Kier alpha value is 0. The van der Waals surface area contributed by atoms with Crippen molar-refractivity contribution in [2.45, 2.75) is 80.1 Å². The first-order valence-corrected chi connectivity index (χ1v) is 8.56. The fourth-order valence-corrected chi connectivity index (χ4v) is 4.39. The summed E-state index contributed by atoms with van der Waals surface area (Å²) in [5.74, 6) is 5.94. The standard InChI is InChI=1S/C18H36/c1-7-10-16(13(4)8-2)11-12-18-15(6)14(5)17(18)9-3/h13-18H,7-12H2,1-6H3. The number of hydrogen-bond acceptors (Lipinski definition) is 0. The van der Waals surface area contributed by atoms with Gasteiger partial charge in [-0.1, -0.05) is 67.2 Å². The van der Waals surface area contributed by atoms with Crippen LogP contribution in [0.1, 0.15) is 80.1 Å². The van der Waals surface area contributed by atoms with Gasteiger partial charge in [-0.05, 0) is 48.3 Å². The third-order valence-electron chi connectivity index (χ3n) is 6.18. The van der Waals surface area contributed by atoms with Crippen LogP contribution in [0.3, 0.4) is 0 Å². The van der Waals surface area contributed by atoms with Crippen LogP contribution < -0.4 is 0 Å².